The zero-order valence-corrected chi connectivity index (χ0v) is 18.1. The highest BCUT2D eigenvalue weighted by Gasteiger charge is 2.16. The van der Waals surface area contributed by atoms with Crippen molar-refractivity contribution >= 4 is 43.4 Å². The number of aromatic nitrogens is 1. The van der Waals surface area contributed by atoms with Crippen molar-refractivity contribution in [1.82, 2.24) is 10.3 Å². The molecule has 1 N–H and O–H groups in total. The number of hydrogen-bond donors (Lipinski definition) is 1. The lowest BCUT2D eigenvalue weighted by Gasteiger charge is -2.11. The number of benzene rings is 2. The number of halogens is 1. The zero-order valence-electron chi connectivity index (χ0n) is 15.7. The molecule has 0 spiro atoms. The number of furan rings is 1. The van der Waals surface area contributed by atoms with Gasteiger partial charge in [0, 0.05) is 5.56 Å². The van der Waals surface area contributed by atoms with E-state index in [-0.39, 0.29) is 12.5 Å². The maximum Gasteiger partial charge on any atom is 0.251 e. The summed E-state index contributed by atoms with van der Waals surface area (Å²) in [7, 11) is 3.07. The average molecular weight is 473 g/mol. The Kier molecular flexibility index (Phi) is 5.55. The minimum absolute atomic E-state index is 0.254. The van der Waals surface area contributed by atoms with E-state index in [9.17, 15) is 4.79 Å². The number of methoxy groups -OCH3 is 2. The van der Waals surface area contributed by atoms with E-state index < -0.39 is 0 Å². The standard InChI is InChI=1S/C21H17BrN2O4S/c1-26-16-9-12(10-17(27-2)19(16)22)20(25)23-11-13-7-8-15(28-13)21-24-14-5-3-4-6-18(14)29-21/h3-10H,11H2,1-2H3,(H,23,25). The summed E-state index contributed by atoms with van der Waals surface area (Å²) >= 11 is 4.97. The maximum atomic E-state index is 12.6. The van der Waals surface area contributed by atoms with Crippen LogP contribution in [0.3, 0.4) is 0 Å². The first-order valence-corrected chi connectivity index (χ1v) is 10.3. The molecule has 148 valence electrons. The van der Waals surface area contributed by atoms with Crippen LogP contribution in [-0.2, 0) is 6.54 Å². The van der Waals surface area contributed by atoms with Gasteiger partial charge in [-0.2, -0.15) is 0 Å². The molecule has 0 unspecified atom stereocenters. The van der Waals surface area contributed by atoms with Gasteiger partial charge in [-0.3, -0.25) is 4.79 Å². The number of para-hydroxylation sites is 1. The largest absolute Gasteiger partial charge is 0.495 e. The summed E-state index contributed by atoms with van der Waals surface area (Å²) in [5, 5.41) is 3.66. The Morgan fingerprint density at radius 3 is 2.55 bits per heavy atom. The molecule has 0 atom stereocenters. The summed E-state index contributed by atoms with van der Waals surface area (Å²) in [5.41, 5.74) is 1.37. The predicted octanol–water partition coefficient (Wildman–Crippen LogP) is 5.27. The first kappa shape index (κ1) is 19.5. The summed E-state index contributed by atoms with van der Waals surface area (Å²) in [6.07, 6.45) is 0. The van der Waals surface area contributed by atoms with Gasteiger partial charge in [0.15, 0.2) is 10.8 Å². The Morgan fingerprint density at radius 2 is 1.86 bits per heavy atom. The number of nitrogens with one attached hydrogen (secondary N) is 1. The first-order valence-electron chi connectivity index (χ1n) is 8.73. The fourth-order valence-electron chi connectivity index (χ4n) is 2.84. The number of ether oxygens (including phenoxy) is 2. The minimum Gasteiger partial charge on any atom is -0.495 e. The second kappa shape index (κ2) is 8.26. The number of fused-ring (bicyclic) bond motifs is 1. The van der Waals surface area contributed by atoms with Crippen LogP contribution in [0.15, 0.2) is 57.4 Å². The summed E-state index contributed by atoms with van der Waals surface area (Å²) in [6, 6.07) is 14.9. The predicted molar refractivity (Wildman–Crippen MR) is 116 cm³/mol. The fraction of sp³-hybridized carbons (Fsp3) is 0.143. The van der Waals surface area contributed by atoms with Crippen LogP contribution in [0.5, 0.6) is 11.5 Å². The highest BCUT2D eigenvalue weighted by Crippen LogP contribution is 2.35. The van der Waals surface area contributed by atoms with Gasteiger partial charge in [-0.25, -0.2) is 4.98 Å². The first-order chi connectivity index (χ1) is 14.1. The molecule has 0 aliphatic rings. The lowest BCUT2D eigenvalue weighted by molar-refractivity contribution is 0.0947. The van der Waals surface area contributed by atoms with E-state index in [1.807, 2.05) is 36.4 Å². The van der Waals surface area contributed by atoms with E-state index in [4.69, 9.17) is 13.9 Å². The van der Waals surface area contributed by atoms with Crippen LogP contribution in [-0.4, -0.2) is 25.1 Å². The van der Waals surface area contributed by atoms with Crippen LogP contribution in [0.1, 0.15) is 16.1 Å². The molecule has 4 aromatic rings. The molecule has 0 aliphatic heterocycles. The molecule has 0 saturated heterocycles. The Hall–Kier alpha value is -2.84. The van der Waals surface area contributed by atoms with Gasteiger partial charge >= 0.3 is 0 Å². The number of nitrogens with zero attached hydrogens (tertiary/aromatic N) is 1. The van der Waals surface area contributed by atoms with Crippen LogP contribution in [0.4, 0.5) is 0 Å². The normalized spacial score (nSPS) is 10.9. The third-order valence-electron chi connectivity index (χ3n) is 4.30. The van der Waals surface area contributed by atoms with E-state index in [1.54, 1.807) is 23.5 Å². The molecule has 2 aromatic carbocycles. The van der Waals surface area contributed by atoms with Crippen LogP contribution in [0.25, 0.3) is 21.0 Å². The van der Waals surface area contributed by atoms with Gasteiger partial charge in [-0.15, -0.1) is 11.3 Å². The number of amides is 1. The molecule has 0 bridgehead atoms. The molecular weight excluding hydrogens is 456 g/mol. The Bertz CT molecular complexity index is 1130. The number of thiazole rings is 1. The van der Waals surface area contributed by atoms with E-state index in [2.05, 4.69) is 26.2 Å². The maximum absolute atomic E-state index is 12.6. The summed E-state index contributed by atoms with van der Waals surface area (Å²) < 4.78 is 18.2. The minimum atomic E-state index is -0.257. The number of rotatable bonds is 6. The van der Waals surface area contributed by atoms with Crippen molar-refractivity contribution in [2.75, 3.05) is 14.2 Å². The summed E-state index contributed by atoms with van der Waals surface area (Å²) in [6.45, 7) is 0.254. The quantitative estimate of drug-likeness (QED) is 0.413. The molecule has 4 rings (SSSR count). The Labute approximate surface area is 179 Å². The van der Waals surface area contributed by atoms with E-state index in [0.29, 0.717) is 33.1 Å². The van der Waals surface area contributed by atoms with Crippen LogP contribution in [0, 0.1) is 0 Å². The van der Waals surface area contributed by atoms with Crippen LogP contribution < -0.4 is 14.8 Å². The second-order valence-electron chi connectivity index (χ2n) is 6.13. The third-order valence-corrected chi connectivity index (χ3v) is 6.13. The molecule has 29 heavy (non-hydrogen) atoms. The second-order valence-corrected chi connectivity index (χ2v) is 7.95. The molecule has 0 fully saturated rings. The van der Waals surface area contributed by atoms with Crippen molar-refractivity contribution in [3.05, 3.63) is 64.3 Å². The van der Waals surface area contributed by atoms with Crippen molar-refractivity contribution in [2.24, 2.45) is 0 Å². The van der Waals surface area contributed by atoms with Crippen molar-refractivity contribution < 1.29 is 18.7 Å². The summed E-state index contributed by atoms with van der Waals surface area (Å²) in [4.78, 5) is 17.2. The third kappa shape index (κ3) is 3.99. The van der Waals surface area contributed by atoms with E-state index in [0.717, 1.165) is 15.2 Å². The molecule has 0 saturated carbocycles. The average Bonchev–Trinajstić information content (AvgIpc) is 3.38. The molecular formula is C21H17BrN2O4S. The highest BCUT2D eigenvalue weighted by atomic mass is 79.9. The molecule has 8 heteroatoms. The SMILES string of the molecule is COc1cc(C(=O)NCc2ccc(-c3nc4ccccc4s3)o2)cc(OC)c1Br. The van der Waals surface area contributed by atoms with Crippen molar-refractivity contribution in [3.8, 4) is 22.3 Å². The van der Waals surface area contributed by atoms with Gasteiger partial charge in [0.05, 0.1) is 31.0 Å². The van der Waals surface area contributed by atoms with Gasteiger partial charge in [-0.05, 0) is 52.3 Å². The smallest absolute Gasteiger partial charge is 0.251 e. The topological polar surface area (TPSA) is 73.6 Å². The van der Waals surface area contributed by atoms with E-state index in [1.165, 1.54) is 14.2 Å². The molecule has 2 heterocycles. The lowest BCUT2D eigenvalue weighted by atomic mass is 10.2. The van der Waals surface area contributed by atoms with Gasteiger partial charge in [0.2, 0.25) is 0 Å². The van der Waals surface area contributed by atoms with Crippen LogP contribution >= 0.6 is 27.3 Å². The highest BCUT2D eigenvalue weighted by molar-refractivity contribution is 9.10. The monoisotopic (exact) mass is 472 g/mol. The zero-order chi connectivity index (χ0) is 20.4. The molecule has 2 aromatic heterocycles. The van der Waals surface area contributed by atoms with Gasteiger partial charge in [0.25, 0.3) is 5.91 Å². The van der Waals surface area contributed by atoms with Crippen molar-refractivity contribution in [3.63, 3.8) is 0 Å². The Morgan fingerprint density at radius 1 is 1.14 bits per heavy atom. The van der Waals surface area contributed by atoms with Crippen molar-refractivity contribution in [1.29, 1.82) is 0 Å². The summed E-state index contributed by atoms with van der Waals surface area (Å²) in [5.74, 6) is 2.11. The number of hydrogen-bond acceptors (Lipinski definition) is 6. The van der Waals surface area contributed by atoms with Gasteiger partial charge in [-0.1, -0.05) is 12.1 Å². The molecule has 1 amide bonds. The van der Waals surface area contributed by atoms with Gasteiger partial charge in [0.1, 0.15) is 21.7 Å². The fourth-order valence-corrected chi connectivity index (χ4v) is 4.32. The van der Waals surface area contributed by atoms with Crippen LogP contribution in [0.2, 0.25) is 0 Å². The van der Waals surface area contributed by atoms with Gasteiger partial charge < -0.3 is 19.2 Å². The Balaban J connectivity index is 1.48. The molecule has 0 aliphatic carbocycles. The lowest BCUT2D eigenvalue weighted by Crippen LogP contribution is -2.22. The van der Waals surface area contributed by atoms with E-state index >= 15 is 0 Å². The number of carbonyl (C=O) groups is 1. The molecule has 6 nitrogen and oxygen atoms in total. The van der Waals surface area contributed by atoms with Crippen molar-refractivity contribution in [2.45, 2.75) is 6.54 Å². The number of carbonyl (C=O) groups excluding carboxylic acids is 1. The molecule has 0 radical (unpaired) electrons.